The number of nitrogens with two attached hydrogens (primary N) is 1. The molecule has 0 aromatic heterocycles. The van der Waals surface area contributed by atoms with Crippen molar-refractivity contribution in [3.05, 3.63) is 28.2 Å². The van der Waals surface area contributed by atoms with E-state index in [9.17, 15) is 4.79 Å². The average Bonchev–Trinajstić information content (AvgIpc) is 2.42. The molecule has 1 aromatic rings. The lowest BCUT2D eigenvalue weighted by Crippen LogP contribution is -2.49. The van der Waals surface area contributed by atoms with Crippen LogP contribution in [0.4, 0.5) is 10.5 Å². The Balaban J connectivity index is 3.22. The number of halogens is 1. The van der Waals surface area contributed by atoms with Crippen molar-refractivity contribution in [1.82, 2.24) is 4.90 Å². The number of hydrogen-bond donors (Lipinski definition) is 2. The summed E-state index contributed by atoms with van der Waals surface area (Å²) in [6.07, 6.45) is 1.57. The third-order valence-electron chi connectivity index (χ3n) is 3.11. The molecule has 0 bridgehead atoms. The third-order valence-corrected chi connectivity index (χ3v) is 3.75. The summed E-state index contributed by atoms with van der Waals surface area (Å²) in [4.78, 5) is 15.8. The molecular weight excluding hydrogens is 332 g/mol. The molecule has 116 valence electrons. The maximum absolute atomic E-state index is 12.8. The first-order valence-corrected chi connectivity index (χ1v) is 7.91. The van der Waals surface area contributed by atoms with Crippen molar-refractivity contribution in [1.29, 1.82) is 5.41 Å². The molecule has 0 unspecified atom stereocenters. The topological polar surface area (TPSA) is 73.4 Å². The number of urea groups is 1. The molecular formula is C15H23BrN4O. The molecule has 21 heavy (non-hydrogen) atoms. The highest BCUT2D eigenvalue weighted by Gasteiger charge is 2.25. The van der Waals surface area contributed by atoms with Crippen molar-refractivity contribution >= 4 is 33.6 Å². The molecule has 5 nitrogen and oxygen atoms in total. The summed E-state index contributed by atoms with van der Waals surface area (Å²) >= 11 is 3.51. The van der Waals surface area contributed by atoms with E-state index in [1.165, 1.54) is 4.90 Å². The maximum Gasteiger partial charge on any atom is 0.331 e. The first-order chi connectivity index (χ1) is 9.93. The van der Waals surface area contributed by atoms with Gasteiger partial charge in [0.2, 0.25) is 0 Å². The van der Waals surface area contributed by atoms with E-state index in [1.54, 1.807) is 4.90 Å². The SMILES string of the molecule is CCCN(C(=N)N)C(=O)N(CCC)c1c(C)cccc1Br. The van der Waals surface area contributed by atoms with Gasteiger partial charge in [-0.3, -0.25) is 15.2 Å². The van der Waals surface area contributed by atoms with Crippen LogP contribution in [0.3, 0.4) is 0 Å². The van der Waals surface area contributed by atoms with Gasteiger partial charge in [-0.2, -0.15) is 0 Å². The van der Waals surface area contributed by atoms with Crippen molar-refractivity contribution in [2.45, 2.75) is 33.6 Å². The van der Waals surface area contributed by atoms with Crippen LogP contribution in [-0.4, -0.2) is 30.0 Å². The van der Waals surface area contributed by atoms with Crippen LogP contribution in [0.5, 0.6) is 0 Å². The highest BCUT2D eigenvalue weighted by Crippen LogP contribution is 2.30. The largest absolute Gasteiger partial charge is 0.370 e. The predicted octanol–water partition coefficient (Wildman–Crippen LogP) is 3.70. The van der Waals surface area contributed by atoms with Crippen LogP contribution in [0.15, 0.2) is 22.7 Å². The van der Waals surface area contributed by atoms with Gasteiger partial charge in [0, 0.05) is 17.6 Å². The van der Waals surface area contributed by atoms with Crippen molar-refractivity contribution in [3.63, 3.8) is 0 Å². The van der Waals surface area contributed by atoms with Crippen LogP contribution in [0.1, 0.15) is 32.3 Å². The van der Waals surface area contributed by atoms with E-state index in [2.05, 4.69) is 15.9 Å². The molecule has 1 rings (SSSR count). The standard InChI is InChI=1S/C15H23BrN4O/c1-4-9-19(13-11(3)7-6-8-12(13)16)15(21)20(10-5-2)14(17)18/h6-8H,4-5,9-10H2,1-3H3,(H3,17,18). The van der Waals surface area contributed by atoms with E-state index < -0.39 is 0 Å². The molecule has 0 radical (unpaired) electrons. The van der Waals surface area contributed by atoms with Gasteiger partial charge < -0.3 is 5.73 Å². The number of para-hydroxylation sites is 1. The van der Waals surface area contributed by atoms with Gasteiger partial charge in [0.15, 0.2) is 5.96 Å². The predicted molar refractivity (Wildman–Crippen MR) is 90.8 cm³/mol. The molecule has 0 heterocycles. The summed E-state index contributed by atoms with van der Waals surface area (Å²) in [5.74, 6) is -0.215. The highest BCUT2D eigenvalue weighted by atomic mass is 79.9. The van der Waals surface area contributed by atoms with Crippen molar-refractivity contribution in [3.8, 4) is 0 Å². The normalized spacial score (nSPS) is 10.3. The number of nitrogens with zero attached hydrogens (tertiary/aromatic N) is 2. The quantitative estimate of drug-likeness (QED) is 0.624. The molecule has 0 aliphatic rings. The number of amides is 2. The van der Waals surface area contributed by atoms with Crippen molar-refractivity contribution in [2.75, 3.05) is 18.0 Å². The molecule has 0 aliphatic heterocycles. The molecule has 0 spiro atoms. The second-order valence-corrected chi connectivity index (χ2v) is 5.73. The second kappa shape index (κ2) is 8.02. The lowest BCUT2D eigenvalue weighted by molar-refractivity contribution is 0.226. The van der Waals surface area contributed by atoms with Crippen LogP contribution < -0.4 is 10.6 Å². The number of aryl methyl sites for hydroxylation is 1. The number of hydrogen-bond acceptors (Lipinski definition) is 2. The molecule has 2 amide bonds. The number of nitrogens with one attached hydrogen (secondary N) is 1. The Morgan fingerprint density at radius 1 is 1.29 bits per heavy atom. The van der Waals surface area contributed by atoms with Gasteiger partial charge in [0.25, 0.3) is 0 Å². The minimum atomic E-state index is -0.249. The molecule has 0 atom stereocenters. The number of anilines is 1. The van der Waals surface area contributed by atoms with Gasteiger partial charge in [-0.25, -0.2) is 4.79 Å². The zero-order valence-electron chi connectivity index (χ0n) is 12.8. The van der Waals surface area contributed by atoms with Crippen LogP contribution in [0.2, 0.25) is 0 Å². The van der Waals surface area contributed by atoms with Crippen LogP contribution in [-0.2, 0) is 0 Å². The van der Waals surface area contributed by atoms with Gasteiger partial charge in [0.05, 0.1) is 5.69 Å². The number of carbonyl (C=O) groups excluding carboxylic acids is 1. The summed E-state index contributed by atoms with van der Waals surface area (Å²) in [7, 11) is 0. The summed E-state index contributed by atoms with van der Waals surface area (Å²) in [6.45, 7) is 6.96. The zero-order chi connectivity index (χ0) is 16.0. The Labute approximate surface area is 134 Å². The number of benzene rings is 1. The second-order valence-electron chi connectivity index (χ2n) is 4.88. The van der Waals surface area contributed by atoms with E-state index in [4.69, 9.17) is 11.1 Å². The monoisotopic (exact) mass is 354 g/mol. The van der Waals surface area contributed by atoms with Crippen molar-refractivity contribution < 1.29 is 4.79 Å². The number of guanidine groups is 1. The fourth-order valence-corrected chi connectivity index (χ4v) is 2.86. The fraction of sp³-hybridized carbons (Fsp3) is 0.467. The summed E-state index contributed by atoms with van der Waals surface area (Å²) in [5, 5.41) is 7.63. The van der Waals surface area contributed by atoms with Gasteiger partial charge in [-0.05, 0) is 47.3 Å². The Morgan fingerprint density at radius 2 is 1.90 bits per heavy atom. The average molecular weight is 355 g/mol. The van der Waals surface area contributed by atoms with Crippen LogP contribution in [0, 0.1) is 12.3 Å². The first kappa shape index (κ1) is 17.5. The summed E-state index contributed by atoms with van der Waals surface area (Å²) in [6, 6.07) is 5.57. The molecule has 0 saturated carbocycles. The van der Waals surface area contributed by atoms with Crippen LogP contribution >= 0.6 is 15.9 Å². The fourth-order valence-electron chi connectivity index (χ4n) is 2.18. The van der Waals surface area contributed by atoms with Gasteiger partial charge >= 0.3 is 6.03 Å². The minimum Gasteiger partial charge on any atom is -0.370 e. The van der Waals surface area contributed by atoms with Crippen LogP contribution in [0.25, 0.3) is 0 Å². The Morgan fingerprint density at radius 3 is 2.38 bits per heavy atom. The van der Waals surface area contributed by atoms with E-state index in [0.717, 1.165) is 28.6 Å². The van der Waals surface area contributed by atoms with E-state index in [1.807, 2.05) is 39.0 Å². The minimum absolute atomic E-state index is 0.215. The maximum atomic E-state index is 12.8. The smallest absolute Gasteiger partial charge is 0.331 e. The molecule has 1 aromatic carbocycles. The Hall–Kier alpha value is -1.56. The number of carbonyl (C=O) groups is 1. The molecule has 0 aliphatic carbocycles. The van der Waals surface area contributed by atoms with Gasteiger partial charge in [-0.1, -0.05) is 26.0 Å². The van der Waals surface area contributed by atoms with E-state index in [0.29, 0.717) is 13.1 Å². The lowest BCUT2D eigenvalue weighted by Gasteiger charge is -2.31. The summed E-state index contributed by atoms with van der Waals surface area (Å²) < 4.78 is 0.865. The Bertz CT molecular complexity index is 498. The molecule has 3 N–H and O–H groups in total. The highest BCUT2D eigenvalue weighted by molar-refractivity contribution is 9.10. The van der Waals surface area contributed by atoms with E-state index >= 15 is 0 Å². The number of rotatable bonds is 5. The third kappa shape index (κ3) is 4.20. The summed E-state index contributed by atoms with van der Waals surface area (Å²) in [5.41, 5.74) is 7.41. The Kier molecular flexibility index (Phi) is 6.68. The molecule has 6 heteroatoms. The zero-order valence-corrected chi connectivity index (χ0v) is 14.4. The van der Waals surface area contributed by atoms with E-state index in [-0.39, 0.29) is 12.0 Å². The molecule has 0 fully saturated rings. The van der Waals surface area contributed by atoms with Gasteiger partial charge in [0.1, 0.15) is 0 Å². The first-order valence-electron chi connectivity index (χ1n) is 7.12. The van der Waals surface area contributed by atoms with Gasteiger partial charge in [-0.15, -0.1) is 0 Å². The molecule has 0 saturated heterocycles. The van der Waals surface area contributed by atoms with Crippen molar-refractivity contribution in [2.24, 2.45) is 5.73 Å². The lowest BCUT2D eigenvalue weighted by atomic mass is 10.2.